The van der Waals surface area contributed by atoms with Gasteiger partial charge in [-0.15, -0.1) is 0 Å². The molecule has 0 fully saturated rings. The van der Waals surface area contributed by atoms with E-state index in [1.165, 1.54) is 0 Å². The van der Waals surface area contributed by atoms with Gasteiger partial charge in [0, 0.05) is 11.8 Å². The fourth-order valence-electron chi connectivity index (χ4n) is 2.58. The van der Waals surface area contributed by atoms with E-state index in [9.17, 15) is 9.59 Å². The van der Waals surface area contributed by atoms with Crippen LogP contribution in [-0.2, 0) is 0 Å². The first-order chi connectivity index (χ1) is 10.7. The zero-order chi connectivity index (χ0) is 15.3. The van der Waals surface area contributed by atoms with Gasteiger partial charge >= 0.3 is 5.76 Å². The Morgan fingerprint density at radius 2 is 2.14 bits per heavy atom. The molecule has 1 N–H and O–H groups in total. The topological polar surface area (TPSA) is 80.4 Å². The Hall–Kier alpha value is -3.15. The monoisotopic (exact) mass is 293 g/mol. The molecule has 0 unspecified atom stereocenters. The normalized spacial score (nSPS) is 11.3. The number of aldehydes is 1. The van der Waals surface area contributed by atoms with Crippen molar-refractivity contribution in [2.75, 3.05) is 0 Å². The molecule has 0 radical (unpaired) electrons. The number of carbonyl (C=O) groups is 1. The third-order valence-corrected chi connectivity index (χ3v) is 3.62. The molecule has 0 atom stereocenters. The molecule has 0 aliphatic rings. The lowest BCUT2D eigenvalue weighted by molar-refractivity contribution is 0.111. The van der Waals surface area contributed by atoms with Crippen molar-refractivity contribution < 1.29 is 9.21 Å². The summed E-state index contributed by atoms with van der Waals surface area (Å²) in [6.07, 6.45) is 2.60. The smallest absolute Gasteiger partial charge is 0.408 e. The molecular formula is C16H11N3O3. The first kappa shape index (κ1) is 12.6. The van der Waals surface area contributed by atoms with Crippen LogP contribution >= 0.6 is 0 Å². The minimum atomic E-state index is -0.506. The summed E-state index contributed by atoms with van der Waals surface area (Å²) in [5.41, 5.74) is 4.56. The molecule has 3 aromatic heterocycles. The molecule has 0 saturated carbocycles. The van der Waals surface area contributed by atoms with E-state index in [-0.39, 0.29) is 0 Å². The summed E-state index contributed by atoms with van der Waals surface area (Å²) in [7, 11) is 0. The van der Waals surface area contributed by atoms with Crippen molar-refractivity contribution in [3.8, 4) is 11.3 Å². The third-order valence-electron chi connectivity index (χ3n) is 3.62. The number of rotatable bonds is 2. The molecule has 1 aromatic carbocycles. The van der Waals surface area contributed by atoms with E-state index in [1.807, 2.05) is 25.3 Å². The number of aromatic nitrogens is 3. The van der Waals surface area contributed by atoms with Crippen LogP contribution in [0.15, 0.2) is 45.7 Å². The quantitative estimate of drug-likeness (QED) is 0.576. The first-order valence-corrected chi connectivity index (χ1v) is 6.73. The molecule has 0 aliphatic heterocycles. The molecule has 3 heterocycles. The summed E-state index contributed by atoms with van der Waals surface area (Å²) in [6.45, 7) is 1.97. The summed E-state index contributed by atoms with van der Waals surface area (Å²) < 4.78 is 6.81. The van der Waals surface area contributed by atoms with Crippen LogP contribution in [0.25, 0.3) is 28.0 Å². The van der Waals surface area contributed by atoms with E-state index < -0.39 is 5.76 Å². The molecular weight excluding hydrogens is 282 g/mol. The molecule has 0 spiro atoms. The van der Waals surface area contributed by atoms with Crippen LogP contribution in [0, 0.1) is 6.92 Å². The third kappa shape index (κ3) is 1.77. The average molecular weight is 293 g/mol. The number of nitrogens with zero attached hydrogens (tertiary/aromatic N) is 2. The van der Waals surface area contributed by atoms with Crippen LogP contribution in [0.5, 0.6) is 0 Å². The average Bonchev–Trinajstić information content (AvgIpc) is 3.04. The Kier molecular flexibility index (Phi) is 2.53. The number of aromatic amines is 1. The summed E-state index contributed by atoms with van der Waals surface area (Å²) >= 11 is 0. The van der Waals surface area contributed by atoms with E-state index in [4.69, 9.17) is 4.42 Å². The largest absolute Gasteiger partial charge is 0.417 e. The van der Waals surface area contributed by atoms with Gasteiger partial charge in [0.2, 0.25) is 0 Å². The predicted octanol–water partition coefficient (Wildman–Crippen LogP) is 2.56. The number of aryl methyl sites for hydroxylation is 1. The lowest BCUT2D eigenvalue weighted by Crippen LogP contribution is -1.92. The maximum Gasteiger partial charge on any atom is 0.417 e. The van der Waals surface area contributed by atoms with Crippen molar-refractivity contribution in [1.29, 1.82) is 0 Å². The molecule has 6 heteroatoms. The summed E-state index contributed by atoms with van der Waals surface area (Å²) in [4.78, 5) is 29.8. The zero-order valence-corrected chi connectivity index (χ0v) is 11.7. The maximum atomic E-state index is 11.5. The van der Waals surface area contributed by atoms with E-state index in [0.29, 0.717) is 28.1 Å². The van der Waals surface area contributed by atoms with E-state index in [1.54, 1.807) is 22.6 Å². The predicted molar refractivity (Wildman–Crippen MR) is 81.1 cm³/mol. The summed E-state index contributed by atoms with van der Waals surface area (Å²) in [5, 5.41) is 0. The van der Waals surface area contributed by atoms with Gasteiger partial charge in [-0.05, 0) is 36.8 Å². The van der Waals surface area contributed by atoms with E-state index in [2.05, 4.69) is 9.97 Å². The second kappa shape index (κ2) is 4.42. The van der Waals surface area contributed by atoms with Gasteiger partial charge in [0.1, 0.15) is 17.0 Å². The SMILES string of the molecule is Cc1ccn2c(C=O)c(-c3ccc4[nH]c(=O)oc4c3)nc2c1. The van der Waals surface area contributed by atoms with Crippen molar-refractivity contribution in [3.05, 3.63) is 58.3 Å². The molecule has 0 aliphatic carbocycles. The first-order valence-electron chi connectivity index (χ1n) is 6.73. The van der Waals surface area contributed by atoms with Gasteiger partial charge in [0.25, 0.3) is 0 Å². The van der Waals surface area contributed by atoms with E-state index in [0.717, 1.165) is 17.4 Å². The molecule has 4 rings (SSSR count). The number of imidazole rings is 1. The van der Waals surface area contributed by atoms with Gasteiger partial charge in [-0.3, -0.25) is 14.2 Å². The summed E-state index contributed by atoms with van der Waals surface area (Å²) in [5.74, 6) is -0.506. The van der Waals surface area contributed by atoms with Gasteiger partial charge in [-0.2, -0.15) is 0 Å². The highest BCUT2D eigenvalue weighted by Crippen LogP contribution is 2.26. The fourth-order valence-corrected chi connectivity index (χ4v) is 2.58. The van der Waals surface area contributed by atoms with Crippen molar-refractivity contribution in [2.45, 2.75) is 6.92 Å². The Bertz CT molecular complexity index is 1090. The molecule has 6 nitrogen and oxygen atoms in total. The molecule has 0 amide bonds. The maximum absolute atomic E-state index is 11.5. The summed E-state index contributed by atoms with van der Waals surface area (Å²) in [6, 6.07) is 9.06. The number of hydrogen-bond donors (Lipinski definition) is 1. The van der Waals surface area contributed by atoms with Crippen LogP contribution in [0.1, 0.15) is 16.1 Å². The Morgan fingerprint density at radius 1 is 1.27 bits per heavy atom. The van der Waals surface area contributed by atoms with Crippen molar-refractivity contribution in [2.24, 2.45) is 0 Å². The van der Waals surface area contributed by atoms with E-state index >= 15 is 0 Å². The molecule has 4 aromatic rings. The number of oxazole rings is 1. The van der Waals surface area contributed by atoms with Crippen LogP contribution in [-0.4, -0.2) is 20.7 Å². The van der Waals surface area contributed by atoms with Crippen molar-refractivity contribution >= 4 is 23.0 Å². The Labute approximate surface area is 124 Å². The van der Waals surface area contributed by atoms with Crippen LogP contribution < -0.4 is 5.76 Å². The van der Waals surface area contributed by atoms with Crippen molar-refractivity contribution in [1.82, 2.24) is 14.4 Å². The lowest BCUT2D eigenvalue weighted by atomic mass is 10.1. The highest BCUT2D eigenvalue weighted by molar-refractivity contribution is 5.89. The lowest BCUT2D eigenvalue weighted by Gasteiger charge is -1.99. The molecule has 108 valence electrons. The molecule has 0 bridgehead atoms. The standard InChI is InChI=1S/C16H11N3O3/c1-9-4-5-19-12(8-20)15(18-14(19)6-9)10-2-3-11-13(7-10)22-16(21)17-11/h2-8H,1H3,(H,17,21). The number of benzene rings is 1. The minimum Gasteiger partial charge on any atom is -0.408 e. The number of fused-ring (bicyclic) bond motifs is 2. The van der Waals surface area contributed by atoms with Gasteiger partial charge in [0.05, 0.1) is 5.52 Å². The Balaban J connectivity index is 2.01. The number of carbonyl (C=O) groups excluding carboxylic acids is 1. The second-order valence-corrected chi connectivity index (χ2v) is 5.12. The van der Waals surface area contributed by atoms with Crippen LogP contribution in [0.4, 0.5) is 0 Å². The van der Waals surface area contributed by atoms with Crippen molar-refractivity contribution in [3.63, 3.8) is 0 Å². The van der Waals surface area contributed by atoms with Gasteiger partial charge < -0.3 is 4.42 Å². The molecule has 22 heavy (non-hydrogen) atoms. The highest BCUT2D eigenvalue weighted by Gasteiger charge is 2.14. The minimum absolute atomic E-state index is 0.438. The van der Waals surface area contributed by atoms with Crippen LogP contribution in [0.2, 0.25) is 0 Å². The number of pyridine rings is 1. The highest BCUT2D eigenvalue weighted by atomic mass is 16.4. The number of nitrogens with one attached hydrogen (secondary N) is 1. The fraction of sp³-hybridized carbons (Fsp3) is 0.0625. The number of hydrogen-bond acceptors (Lipinski definition) is 4. The second-order valence-electron chi connectivity index (χ2n) is 5.12. The van der Waals surface area contributed by atoms with Gasteiger partial charge in [-0.25, -0.2) is 9.78 Å². The zero-order valence-electron chi connectivity index (χ0n) is 11.7. The number of H-pyrrole nitrogens is 1. The van der Waals surface area contributed by atoms with Gasteiger partial charge in [-0.1, -0.05) is 6.07 Å². The van der Waals surface area contributed by atoms with Crippen LogP contribution in [0.3, 0.4) is 0 Å². The molecule has 0 saturated heterocycles. The van der Waals surface area contributed by atoms with Gasteiger partial charge in [0.15, 0.2) is 11.9 Å². The Morgan fingerprint density at radius 3 is 2.95 bits per heavy atom.